The van der Waals surface area contributed by atoms with Crippen molar-refractivity contribution in [3.63, 3.8) is 0 Å². The first-order chi connectivity index (χ1) is 8.72. The van der Waals surface area contributed by atoms with E-state index in [0.29, 0.717) is 6.04 Å². The van der Waals surface area contributed by atoms with Gasteiger partial charge in [0.1, 0.15) is 11.6 Å². The van der Waals surface area contributed by atoms with Crippen LogP contribution in [0.25, 0.3) is 5.82 Å². The van der Waals surface area contributed by atoms with Crippen LogP contribution >= 0.6 is 0 Å². The highest BCUT2D eigenvalue weighted by Gasteiger charge is 2.24. The number of hydrogen-bond acceptors (Lipinski definition) is 3. The predicted octanol–water partition coefficient (Wildman–Crippen LogP) is 2.79. The van der Waals surface area contributed by atoms with Gasteiger partial charge in [0.05, 0.1) is 11.9 Å². The summed E-state index contributed by atoms with van der Waals surface area (Å²) in [6.07, 6.45) is 8.15. The molecule has 1 aliphatic carbocycles. The van der Waals surface area contributed by atoms with Crippen LogP contribution in [0.2, 0.25) is 0 Å². The molecule has 0 bridgehead atoms. The highest BCUT2D eigenvalue weighted by molar-refractivity contribution is 5.45. The zero-order valence-electron chi connectivity index (χ0n) is 10.8. The number of nitrogens with one attached hydrogen (secondary N) is 1. The summed E-state index contributed by atoms with van der Waals surface area (Å²) in [6.45, 7) is 4.27. The summed E-state index contributed by atoms with van der Waals surface area (Å²) in [5, 5.41) is 3.51. The number of pyridine rings is 1. The third-order valence-electron chi connectivity index (χ3n) is 3.56. The van der Waals surface area contributed by atoms with Gasteiger partial charge >= 0.3 is 0 Å². The molecule has 0 aliphatic heterocycles. The quantitative estimate of drug-likeness (QED) is 0.900. The van der Waals surface area contributed by atoms with E-state index in [0.717, 1.165) is 23.2 Å². The number of hydrogen-bond donors (Lipinski definition) is 1. The van der Waals surface area contributed by atoms with Crippen LogP contribution in [-0.4, -0.2) is 20.6 Å². The SMILES string of the molecule is Cc1nccn1-c1ccc(NC2CC(C)C2)cn1. The van der Waals surface area contributed by atoms with E-state index in [1.165, 1.54) is 12.8 Å². The van der Waals surface area contributed by atoms with Crippen molar-refractivity contribution in [1.29, 1.82) is 0 Å². The van der Waals surface area contributed by atoms with Crippen molar-refractivity contribution >= 4 is 5.69 Å². The molecule has 4 nitrogen and oxygen atoms in total. The smallest absolute Gasteiger partial charge is 0.138 e. The lowest BCUT2D eigenvalue weighted by Gasteiger charge is -2.33. The minimum absolute atomic E-state index is 0.627. The van der Waals surface area contributed by atoms with E-state index in [1.54, 1.807) is 6.20 Å². The van der Waals surface area contributed by atoms with Gasteiger partial charge in [0.15, 0.2) is 0 Å². The fraction of sp³-hybridized carbons (Fsp3) is 0.429. The van der Waals surface area contributed by atoms with Crippen LogP contribution in [0.4, 0.5) is 5.69 Å². The highest BCUT2D eigenvalue weighted by atomic mass is 15.1. The Labute approximate surface area is 107 Å². The molecule has 2 heterocycles. The van der Waals surface area contributed by atoms with Gasteiger partial charge in [-0.05, 0) is 37.8 Å². The Bertz CT molecular complexity index is 523. The Morgan fingerprint density at radius 2 is 2.11 bits per heavy atom. The molecule has 0 unspecified atom stereocenters. The predicted molar refractivity (Wildman–Crippen MR) is 71.9 cm³/mol. The highest BCUT2D eigenvalue weighted by Crippen LogP contribution is 2.29. The van der Waals surface area contributed by atoms with Crippen LogP contribution in [0.1, 0.15) is 25.6 Å². The Hall–Kier alpha value is -1.84. The van der Waals surface area contributed by atoms with Crippen molar-refractivity contribution in [2.24, 2.45) is 5.92 Å². The average Bonchev–Trinajstić information content (AvgIpc) is 2.75. The molecule has 4 heteroatoms. The van der Waals surface area contributed by atoms with Gasteiger partial charge in [-0.1, -0.05) is 6.92 Å². The van der Waals surface area contributed by atoms with Crippen LogP contribution in [0.15, 0.2) is 30.7 Å². The molecule has 94 valence electrons. The average molecular weight is 242 g/mol. The third kappa shape index (κ3) is 2.10. The molecule has 1 N–H and O–H groups in total. The molecular formula is C14H18N4. The summed E-state index contributed by atoms with van der Waals surface area (Å²) in [5.41, 5.74) is 1.11. The van der Waals surface area contributed by atoms with Gasteiger partial charge in [0, 0.05) is 18.4 Å². The maximum atomic E-state index is 4.47. The van der Waals surface area contributed by atoms with Crippen LogP contribution in [0.3, 0.4) is 0 Å². The Balaban J connectivity index is 1.71. The third-order valence-corrected chi connectivity index (χ3v) is 3.56. The molecular weight excluding hydrogens is 224 g/mol. The molecule has 0 amide bonds. The minimum Gasteiger partial charge on any atom is -0.381 e. The summed E-state index contributed by atoms with van der Waals surface area (Å²) in [5.74, 6) is 2.73. The summed E-state index contributed by atoms with van der Waals surface area (Å²) < 4.78 is 1.98. The normalized spacial score (nSPS) is 22.6. The fourth-order valence-electron chi connectivity index (χ4n) is 2.49. The topological polar surface area (TPSA) is 42.7 Å². The van der Waals surface area contributed by atoms with Gasteiger partial charge in [-0.3, -0.25) is 4.57 Å². The van der Waals surface area contributed by atoms with Gasteiger partial charge in [-0.2, -0.15) is 0 Å². The van der Waals surface area contributed by atoms with Gasteiger partial charge in [0.2, 0.25) is 0 Å². The second-order valence-corrected chi connectivity index (χ2v) is 5.17. The molecule has 0 radical (unpaired) electrons. The van der Waals surface area contributed by atoms with Crippen molar-refractivity contribution in [2.45, 2.75) is 32.7 Å². The zero-order valence-corrected chi connectivity index (χ0v) is 10.8. The Kier molecular flexibility index (Phi) is 2.78. The minimum atomic E-state index is 0.627. The van der Waals surface area contributed by atoms with Gasteiger partial charge in [-0.15, -0.1) is 0 Å². The van der Waals surface area contributed by atoms with E-state index in [1.807, 2.05) is 30.0 Å². The van der Waals surface area contributed by atoms with Gasteiger partial charge in [-0.25, -0.2) is 9.97 Å². The zero-order chi connectivity index (χ0) is 12.5. The van der Waals surface area contributed by atoms with Crippen molar-refractivity contribution in [3.05, 3.63) is 36.5 Å². The van der Waals surface area contributed by atoms with E-state index in [9.17, 15) is 0 Å². The molecule has 2 aromatic heterocycles. The largest absolute Gasteiger partial charge is 0.381 e. The number of rotatable bonds is 3. The number of aromatic nitrogens is 3. The second kappa shape index (κ2) is 4.44. The molecule has 3 rings (SSSR count). The monoisotopic (exact) mass is 242 g/mol. The number of aryl methyl sites for hydroxylation is 1. The first-order valence-corrected chi connectivity index (χ1v) is 6.45. The van der Waals surface area contributed by atoms with Crippen LogP contribution < -0.4 is 5.32 Å². The molecule has 0 saturated heterocycles. The molecule has 1 saturated carbocycles. The van der Waals surface area contributed by atoms with Crippen molar-refractivity contribution in [2.75, 3.05) is 5.32 Å². The second-order valence-electron chi connectivity index (χ2n) is 5.17. The maximum absolute atomic E-state index is 4.47. The lowest BCUT2D eigenvalue weighted by atomic mass is 9.82. The van der Waals surface area contributed by atoms with Gasteiger partial charge < -0.3 is 5.32 Å². The summed E-state index contributed by atoms with van der Waals surface area (Å²) >= 11 is 0. The molecule has 2 aromatic rings. The van der Waals surface area contributed by atoms with E-state index in [4.69, 9.17) is 0 Å². The summed E-state index contributed by atoms with van der Waals surface area (Å²) in [6, 6.07) is 4.74. The fourth-order valence-corrected chi connectivity index (χ4v) is 2.49. The number of imidazole rings is 1. The van der Waals surface area contributed by atoms with Crippen molar-refractivity contribution < 1.29 is 0 Å². The van der Waals surface area contributed by atoms with E-state index < -0.39 is 0 Å². The molecule has 18 heavy (non-hydrogen) atoms. The van der Waals surface area contributed by atoms with Crippen LogP contribution in [0, 0.1) is 12.8 Å². The molecule has 0 atom stereocenters. The lowest BCUT2D eigenvalue weighted by molar-refractivity contribution is 0.309. The van der Waals surface area contributed by atoms with Crippen LogP contribution in [0.5, 0.6) is 0 Å². The summed E-state index contributed by atoms with van der Waals surface area (Å²) in [4.78, 5) is 8.67. The van der Waals surface area contributed by atoms with Gasteiger partial charge in [0.25, 0.3) is 0 Å². The van der Waals surface area contributed by atoms with E-state index in [2.05, 4.69) is 28.3 Å². The number of nitrogens with zero attached hydrogens (tertiary/aromatic N) is 3. The Morgan fingerprint density at radius 1 is 1.28 bits per heavy atom. The molecule has 1 aliphatic rings. The molecule has 1 fully saturated rings. The Morgan fingerprint density at radius 3 is 2.67 bits per heavy atom. The first kappa shape index (κ1) is 11.3. The van der Waals surface area contributed by atoms with Crippen LogP contribution in [-0.2, 0) is 0 Å². The standard InChI is InChI=1S/C14H18N4/c1-10-7-13(8-10)17-12-3-4-14(16-9-12)18-6-5-15-11(18)2/h3-6,9-10,13,17H,7-8H2,1-2H3. The van der Waals surface area contributed by atoms with Crippen molar-refractivity contribution in [3.8, 4) is 5.82 Å². The summed E-state index contributed by atoms with van der Waals surface area (Å²) in [7, 11) is 0. The van der Waals surface area contributed by atoms with E-state index >= 15 is 0 Å². The van der Waals surface area contributed by atoms with Crippen molar-refractivity contribution in [1.82, 2.24) is 14.5 Å². The number of anilines is 1. The first-order valence-electron chi connectivity index (χ1n) is 6.45. The lowest BCUT2D eigenvalue weighted by Crippen LogP contribution is -2.33. The molecule has 0 spiro atoms. The maximum Gasteiger partial charge on any atom is 0.138 e. The molecule has 0 aromatic carbocycles. The van der Waals surface area contributed by atoms with E-state index in [-0.39, 0.29) is 0 Å².